The number of hydrogen-bond donors (Lipinski definition) is 17. The first-order chi connectivity index (χ1) is 57.9. The Morgan fingerprint density at radius 3 is 1.75 bits per heavy atom. The summed E-state index contributed by atoms with van der Waals surface area (Å²) in [5.41, 5.74) is 13.5. The number of carbonyl (C=O) groups excluding carboxylic acids is 11. The third-order valence-electron chi connectivity index (χ3n) is 26.2. The van der Waals surface area contributed by atoms with Gasteiger partial charge >= 0.3 is 17.9 Å². The van der Waals surface area contributed by atoms with E-state index in [1.807, 2.05) is 49.3 Å². The number of thioether (sulfide) groups is 1. The summed E-state index contributed by atoms with van der Waals surface area (Å²) in [5, 5.41) is 58.0. The Balaban J connectivity index is 0.817. The molecule has 37 heteroatoms. The van der Waals surface area contributed by atoms with E-state index >= 15 is 0 Å². The third-order valence-corrected chi connectivity index (χ3v) is 26.9. The van der Waals surface area contributed by atoms with Crippen LogP contribution in [0.15, 0.2) is 43.0 Å². The number of nitrogens with zero attached hydrogens (tertiary/aromatic N) is 5. The van der Waals surface area contributed by atoms with Crippen LogP contribution in [0.1, 0.15) is 163 Å². The number of aliphatic carboxylic acids is 3. The SMILES string of the molecule is CSCC[C@H](NC(=O)[C@H](CC(C)C)NC(=O)[C@H](Cc1cnc[nH]1)NC(=O)CNC(=O)[C@@H](NC(=O)[C@H](C)NC(=O)[C@H](Cc1c[nH]c2ccccc12)NC(=O)[C@H](CCC(N)=O)NCCC[C@@H](C)[C@H]1CCC2C3CC[C@@H]4C[C@@H](NC(=O)CNC(=O)CN5CCN(CC(=O)O)CCN(CC(=O)O)CCN(CC(=O)O)CC5)CC[C@]4(C)C3CC[C@@]21C)C(C)C)C(N)=O. The summed E-state index contributed by atoms with van der Waals surface area (Å²) in [6.45, 7) is 16.5. The van der Waals surface area contributed by atoms with Crippen molar-refractivity contribution in [2.45, 2.75) is 213 Å². The highest BCUT2D eigenvalue weighted by atomic mass is 32.2. The maximum Gasteiger partial charge on any atom is 0.317 e. The summed E-state index contributed by atoms with van der Waals surface area (Å²) >= 11 is 1.47. The molecule has 0 bridgehead atoms. The molecule has 16 atom stereocenters. The average molecular weight is 1730 g/mol. The minimum Gasteiger partial charge on any atom is -0.480 e. The number of para-hydroxylation sites is 1. The van der Waals surface area contributed by atoms with Gasteiger partial charge < -0.3 is 89.9 Å². The lowest BCUT2D eigenvalue weighted by Gasteiger charge is -2.61. The zero-order valence-corrected chi connectivity index (χ0v) is 73.3. The second-order valence-corrected chi connectivity index (χ2v) is 36.7. The summed E-state index contributed by atoms with van der Waals surface area (Å²) in [6.07, 6.45) is 17.8. The van der Waals surface area contributed by atoms with E-state index in [9.17, 15) is 82.4 Å². The topological polar surface area (TPSA) is 529 Å². The molecule has 1 aromatic carbocycles. The molecule has 3 unspecified atom stereocenters. The molecule has 5 aliphatic rings. The van der Waals surface area contributed by atoms with E-state index in [-0.39, 0.29) is 152 Å². The molecule has 2 aromatic heterocycles. The molecule has 4 aliphatic carbocycles. The number of nitrogens with one attached hydrogen (secondary N) is 12. The van der Waals surface area contributed by atoms with Crippen molar-refractivity contribution in [3.8, 4) is 0 Å². The fourth-order valence-electron chi connectivity index (χ4n) is 19.7. The molecule has 19 N–H and O–H groups in total. The van der Waals surface area contributed by atoms with E-state index in [1.165, 1.54) is 31.2 Å². The Kier molecular flexibility index (Phi) is 37.8. The Labute approximate surface area is 719 Å². The standard InChI is InChI=1S/C85H135N19O17S/c1-50(2)37-66(81(119)97-64(77(87)115)24-36-122-9)98-82(120)68(40-57-42-88-49-93-57)96-71(107)44-92-83(121)76(51(3)4)100-78(116)53(6)94-80(118)67(38-54-41-90-63-15-11-10-14-58(54)63)99-79(117)65(20-21-69(86)105)89-27-12-13-52(5)60-18-19-61-59-17-16-55-39-56(22-25-84(55,7)62(59)23-26-85(60,61)8)95-70(106)43-91-72(108)45-101-28-30-102(46-73(109)110)32-34-104(48-75(113)114)35-33-103(31-29-101)47-74(111)112/h10-11,14-15,41-42,49-53,55-56,59-62,64-68,76,89-90H,12-13,16-40,43-48H2,1-9H3,(H2,86,105)(H2,87,115)(H,88,93)(H,91,108)(H,92,121)(H,94,118)(H,95,106)(H,96,107)(H,97,119)(H,98,120)(H,99,117)(H,100,116)(H,109,110)(H,111,112)(H,113,114)/t52-,53+,55-,56+,59?,60-,61?,62?,64+,65+,66+,67+,68+,76+,84+,85-/m1/s1. The number of hydrogen-bond acceptors (Lipinski definition) is 21. The number of carbonyl (C=O) groups is 14. The average Bonchev–Trinajstić information content (AvgIpc) is 1.43. The normalized spacial score (nSPS) is 23.8. The van der Waals surface area contributed by atoms with Gasteiger partial charge in [0.2, 0.25) is 65.0 Å². The van der Waals surface area contributed by atoms with Crippen LogP contribution in [-0.4, -0.2) is 291 Å². The minimum atomic E-state index is -1.28. The van der Waals surface area contributed by atoms with Crippen LogP contribution in [0.5, 0.6) is 0 Å². The number of rotatable bonds is 45. The first-order valence-electron chi connectivity index (χ1n) is 43.5. The molecule has 5 fully saturated rings. The third kappa shape index (κ3) is 29.2. The fraction of sp³-hybridized carbons (Fsp3) is 0.706. The second kappa shape index (κ2) is 47.0. The summed E-state index contributed by atoms with van der Waals surface area (Å²) in [6, 6.07) is -0.635. The maximum absolute atomic E-state index is 14.7. The van der Waals surface area contributed by atoms with E-state index in [0.717, 1.165) is 81.5 Å². The van der Waals surface area contributed by atoms with Gasteiger partial charge in [-0.2, -0.15) is 11.8 Å². The number of carboxylic acids is 3. The highest BCUT2D eigenvalue weighted by Crippen LogP contribution is 2.68. The van der Waals surface area contributed by atoms with Crippen LogP contribution >= 0.6 is 11.8 Å². The van der Waals surface area contributed by atoms with Crippen molar-refractivity contribution in [3.05, 3.63) is 54.2 Å². The highest BCUT2D eigenvalue weighted by molar-refractivity contribution is 7.98. The first kappa shape index (κ1) is 98.1. The summed E-state index contributed by atoms with van der Waals surface area (Å²) in [5.74, 6) is -7.16. The van der Waals surface area contributed by atoms with Crippen molar-refractivity contribution in [1.29, 1.82) is 0 Å². The first-order valence-corrected chi connectivity index (χ1v) is 44.8. The van der Waals surface area contributed by atoms with E-state index in [0.29, 0.717) is 59.1 Å². The van der Waals surface area contributed by atoms with Gasteiger partial charge in [-0.25, -0.2) is 4.98 Å². The number of fused-ring (bicyclic) bond motifs is 6. The summed E-state index contributed by atoms with van der Waals surface area (Å²) in [7, 11) is 0. The Morgan fingerprint density at radius 2 is 1.15 bits per heavy atom. The Morgan fingerprint density at radius 1 is 0.574 bits per heavy atom. The van der Waals surface area contributed by atoms with Crippen LogP contribution in [0.25, 0.3) is 10.9 Å². The van der Waals surface area contributed by atoms with Crippen LogP contribution in [0, 0.1) is 58.2 Å². The number of imidazole rings is 1. The molecule has 122 heavy (non-hydrogen) atoms. The molecule has 1 saturated heterocycles. The number of primary amides is 2. The van der Waals surface area contributed by atoms with Gasteiger partial charge in [-0.05, 0) is 185 Å². The molecular formula is C85H135N19O17S. The zero-order chi connectivity index (χ0) is 89.1. The van der Waals surface area contributed by atoms with Gasteiger partial charge in [0.15, 0.2) is 0 Å². The minimum absolute atomic E-state index is 0.00796. The van der Waals surface area contributed by atoms with E-state index in [1.54, 1.807) is 34.7 Å². The van der Waals surface area contributed by atoms with Gasteiger partial charge in [0.25, 0.3) is 0 Å². The molecule has 4 saturated carbocycles. The quantitative estimate of drug-likeness (QED) is 0.0351. The predicted octanol–water partition coefficient (Wildman–Crippen LogP) is 1.04. The molecule has 3 heterocycles. The lowest BCUT2D eigenvalue weighted by Crippen LogP contribution is -2.59. The van der Waals surface area contributed by atoms with Crippen LogP contribution in [0.2, 0.25) is 0 Å². The van der Waals surface area contributed by atoms with Crippen molar-refractivity contribution >= 4 is 106 Å². The number of aromatic nitrogens is 3. The number of benzene rings is 1. The van der Waals surface area contributed by atoms with E-state index in [2.05, 4.69) is 88.9 Å². The molecule has 678 valence electrons. The fourth-order valence-corrected chi connectivity index (χ4v) is 20.2. The van der Waals surface area contributed by atoms with Gasteiger partial charge in [0, 0.05) is 107 Å². The largest absolute Gasteiger partial charge is 0.480 e. The monoisotopic (exact) mass is 1730 g/mol. The highest BCUT2D eigenvalue weighted by Gasteiger charge is 2.61. The van der Waals surface area contributed by atoms with E-state index in [4.69, 9.17) is 11.5 Å². The maximum atomic E-state index is 14.7. The zero-order valence-electron chi connectivity index (χ0n) is 72.5. The summed E-state index contributed by atoms with van der Waals surface area (Å²) in [4.78, 5) is 203. The Hall–Kier alpha value is -9.30. The van der Waals surface area contributed by atoms with Crippen molar-refractivity contribution in [2.24, 2.45) is 69.6 Å². The van der Waals surface area contributed by atoms with Crippen LogP contribution in [-0.2, 0) is 80.0 Å². The molecule has 3 aromatic rings. The molecule has 36 nitrogen and oxygen atoms in total. The smallest absolute Gasteiger partial charge is 0.317 e. The van der Waals surface area contributed by atoms with Gasteiger partial charge in [-0.3, -0.25) is 86.7 Å². The van der Waals surface area contributed by atoms with Crippen molar-refractivity contribution in [3.63, 3.8) is 0 Å². The number of aromatic amines is 2. The second-order valence-electron chi connectivity index (χ2n) is 35.8. The van der Waals surface area contributed by atoms with Gasteiger partial charge in [0.1, 0.15) is 36.3 Å². The van der Waals surface area contributed by atoms with Crippen molar-refractivity contribution in [2.75, 3.05) is 110 Å². The van der Waals surface area contributed by atoms with Gasteiger partial charge in [0.05, 0.1) is 51.6 Å². The van der Waals surface area contributed by atoms with Crippen LogP contribution in [0.4, 0.5) is 0 Å². The number of H-pyrrole nitrogens is 2. The Bertz CT molecular complexity index is 4030. The lowest BCUT2D eigenvalue weighted by atomic mass is 9.44. The molecule has 1 aliphatic heterocycles. The van der Waals surface area contributed by atoms with Gasteiger partial charge in [-0.15, -0.1) is 0 Å². The molecule has 8 rings (SSSR count). The molecule has 11 amide bonds. The van der Waals surface area contributed by atoms with Crippen molar-refractivity contribution in [1.82, 2.24) is 87.7 Å². The van der Waals surface area contributed by atoms with Gasteiger partial charge in [-0.1, -0.05) is 66.7 Å². The predicted molar refractivity (Wildman–Crippen MR) is 458 cm³/mol. The molecule has 0 spiro atoms. The lowest BCUT2D eigenvalue weighted by molar-refractivity contribution is -0.140. The van der Waals surface area contributed by atoms with Crippen LogP contribution < -0.4 is 64.6 Å². The number of amides is 11. The molecular weight excluding hydrogens is 1590 g/mol. The molecule has 0 radical (unpaired) electrons. The van der Waals surface area contributed by atoms with Crippen LogP contribution in [0.3, 0.4) is 0 Å². The van der Waals surface area contributed by atoms with E-state index < -0.39 is 132 Å². The van der Waals surface area contributed by atoms with Crippen molar-refractivity contribution < 1.29 is 82.4 Å². The number of carboxylic acid groups (broad SMARTS) is 3. The number of nitrogens with two attached hydrogens (primary N) is 2. The summed E-state index contributed by atoms with van der Waals surface area (Å²) < 4.78 is 0.